The van der Waals surface area contributed by atoms with Gasteiger partial charge in [0, 0.05) is 25.0 Å². The van der Waals surface area contributed by atoms with Gasteiger partial charge in [0.05, 0.1) is 10.6 Å². The van der Waals surface area contributed by atoms with E-state index in [1.807, 2.05) is 7.05 Å². The first-order valence-corrected chi connectivity index (χ1v) is 6.14. The van der Waals surface area contributed by atoms with Crippen molar-refractivity contribution in [2.45, 2.75) is 0 Å². The number of halogens is 2. The van der Waals surface area contributed by atoms with Crippen molar-refractivity contribution in [3.8, 4) is 22.6 Å². The molecule has 5 nitrogen and oxygen atoms in total. The highest BCUT2D eigenvalue weighted by molar-refractivity contribution is 6.33. The molecule has 0 aliphatic heterocycles. The highest BCUT2D eigenvalue weighted by atomic mass is 35.5. The molecule has 20 heavy (non-hydrogen) atoms. The molecule has 2 aromatic heterocycles. The topological polar surface area (TPSA) is 69.9 Å². The second-order valence-electron chi connectivity index (χ2n) is 4.26. The summed E-state index contributed by atoms with van der Waals surface area (Å²) < 4.78 is 20.0. The molecule has 0 saturated heterocycles. The predicted molar refractivity (Wildman–Crippen MR) is 73.5 cm³/mol. The van der Waals surface area contributed by atoms with Crippen molar-refractivity contribution in [2.24, 2.45) is 7.05 Å². The lowest BCUT2D eigenvalue weighted by atomic mass is 10.0. The van der Waals surface area contributed by atoms with Crippen molar-refractivity contribution < 1.29 is 8.91 Å². The van der Waals surface area contributed by atoms with E-state index in [0.29, 0.717) is 22.6 Å². The zero-order chi connectivity index (χ0) is 14.3. The standard InChI is InChI=1S/C13H10ClFN4O/c1-19-5-4-17-13(19)11-10(12(16)20-18-11)8-3-2-7(15)6-9(8)14/h2-6H,16H2,1H3. The van der Waals surface area contributed by atoms with E-state index in [1.165, 1.54) is 18.2 Å². The quantitative estimate of drug-likeness (QED) is 0.788. The fraction of sp³-hybridized carbons (Fsp3) is 0.0769. The minimum Gasteiger partial charge on any atom is -0.367 e. The highest BCUT2D eigenvalue weighted by Crippen LogP contribution is 2.39. The van der Waals surface area contributed by atoms with Crippen LogP contribution in [0.15, 0.2) is 35.1 Å². The van der Waals surface area contributed by atoms with Crippen LogP contribution in [0.2, 0.25) is 5.02 Å². The van der Waals surface area contributed by atoms with Gasteiger partial charge in [0.15, 0.2) is 11.5 Å². The van der Waals surface area contributed by atoms with Gasteiger partial charge in [-0.2, -0.15) is 0 Å². The summed E-state index contributed by atoms with van der Waals surface area (Å²) in [6, 6.07) is 4.05. The smallest absolute Gasteiger partial charge is 0.230 e. The Morgan fingerprint density at radius 2 is 2.20 bits per heavy atom. The molecular weight excluding hydrogens is 283 g/mol. The first-order chi connectivity index (χ1) is 9.58. The summed E-state index contributed by atoms with van der Waals surface area (Å²) in [6.07, 6.45) is 3.41. The lowest BCUT2D eigenvalue weighted by Crippen LogP contribution is -1.95. The number of anilines is 1. The first kappa shape index (κ1) is 12.7. The fourth-order valence-electron chi connectivity index (χ4n) is 2.00. The molecule has 0 aliphatic carbocycles. The molecule has 2 N–H and O–H groups in total. The Kier molecular flexibility index (Phi) is 2.94. The summed E-state index contributed by atoms with van der Waals surface area (Å²) in [7, 11) is 1.82. The van der Waals surface area contributed by atoms with Crippen molar-refractivity contribution in [3.63, 3.8) is 0 Å². The van der Waals surface area contributed by atoms with Gasteiger partial charge in [0.1, 0.15) is 5.82 Å². The Labute approximate surface area is 118 Å². The first-order valence-electron chi connectivity index (χ1n) is 5.76. The minimum absolute atomic E-state index is 0.108. The molecule has 0 spiro atoms. The number of nitrogens with zero attached hydrogens (tertiary/aromatic N) is 3. The summed E-state index contributed by atoms with van der Waals surface area (Å²) in [5.74, 6) is 0.268. The van der Waals surface area contributed by atoms with Gasteiger partial charge < -0.3 is 14.8 Å². The summed E-state index contributed by atoms with van der Waals surface area (Å²) in [5.41, 5.74) is 7.33. The Bertz CT molecular complexity index is 781. The summed E-state index contributed by atoms with van der Waals surface area (Å²) in [4.78, 5) is 4.20. The van der Waals surface area contributed by atoms with Gasteiger partial charge in [-0.15, -0.1) is 0 Å². The maximum atomic E-state index is 13.2. The molecular formula is C13H10ClFN4O. The highest BCUT2D eigenvalue weighted by Gasteiger charge is 2.22. The molecule has 0 aliphatic rings. The number of nitrogen functional groups attached to an aromatic ring is 1. The van der Waals surface area contributed by atoms with Crippen LogP contribution in [-0.2, 0) is 7.05 Å². The van der Waals surface area contributed by atoms with Gasteiger partial charge in [0.2, 0.25) is 5.88 Å². The second kappa shape index (κ2) is 4.64. The molecule has 7 heteroatoms. The van der Waals surface area contributed by atoms with Crippen molar-refractivity contribution in [3.05, 3.63) is 41.4 Å². The van der Waals surface area contributed by atoms with Crippen LogP contribution >= 0.6 is 11.6 Å². The monoisotopic (exact) mass is 292 g/mol. The van der Waals surface area contributed by atoms with Crippen LogP contribution in [0.5, 0.6) is 0 Å². The van der Waals surface area contributed by atoms with Crippen LogP contribution in [-0.4, -0.2) is 14.7 Å². The van der Waals surface area contributed by atoms with Gasteiger partial charge in [-0.3, -0.25) is 0 Å². The zero-order valence-corrected chi connectivity index (χ0v) is 11.2. The maximum absolute atomic E-state index is 13.2. The number of nitrogens with two attached hydrogens (primary N) is 1. The lowest BCUT2D eigenvalue weighted by molar-refractivity contribution is 0.438. The number of hydrogen-bond acceptors (Lipinski definition) is 4. The van der Waals surface area contributed by atoms with Crippen LogP contribution in [0.25, 0.3) is 22.6 Å². The number of hydrogen-bond donors (Lipinski definition) is 1. The number of rotatable bonds is 2. The Balaban J connectivity index is 2.24. The van der Waals surface area contributed by atoms with Gasteiger partial charge in [-0.25, -0.2) is 9.37 Å². The van der Waals surface area contributed by atoms with Gasteiger partial charge in [-0.1, -0.05) is 16.8 Å². The van der Waals surface area contributed by atoms with Crippen molar-refractivity contribution in [1.29, 1.82) is 0 Å². The summed E-state index contributed by atoms with van der Waals surface area (Å²) >= 11 is 6.07. The number of benzene rings is 1. The molecule has 102 valence electrons. The third-order valence-electron chi connectivity index (χ3n) is 2.95. The number of imidazole rings is 1. The Hall–Kier alpha value is -2.34. The molecule has 0 amide bonds. The minimum atomic E-state index is -0.424. The van der Waals surface area contributed by atoms with Crippen LogP contribution in [0.1, 0.15) is 0 Å². The van der Waals surface area contributed by atoms with E-state index in [-0.39, 0.29) is 10.9 Å². The second-order valence-corrected chi connectivity index (χ2v) is 4.66. The number of aromatic nitrogens is 3. The predicted octanol–water partition coefficient (Wildman–Crippen LogP) is 3.12. The molecule has 0 saturated carbocycles. The summed E-state index contributed by atoms with van der Waals surface area (Å²) in [6.45, 7) is 0. The van der Waals surface area contributed by atoms with E-state index < -0.39 is 5.82 Å². The molecule has 0 atom stereocenters. The third-order valence-corrected chi connectivity index (χ3v) is 3.26. The van der Waals surface area contributed by atoms with Crippen LogP contribution in [0.4, 0.5) is 10.3 Å². The summed E-state index contributed by atoms with van der Waals surface area (Å²) in [5, 5.41) is 4.16. The average molecular weight is 293 g/mol. The third kappa shape index (κ3) is 1.94. The molecule has 0 fully saturated rings. The van der Waals surface area contributed by atoms with Crippen LogP contribution < -0.4 is 5.73 Å². The average Bonchev–Trinajstić information content (AvgIpc) is 2.96. The largest absolute Gasteiger partial charge is 0.367 e. The molecule has 2 heterocycles. The van der Waals surface area contributed by atoms with Crippen LogP contribution in [0, 0.1) is 5.82 Å². The van der Waals surface area contributed by atoms with E-state index in [4.69, 9.17) is 21.9 Å². The normalized spacial score (nSPS) is 10.9. The van der Waals surface area contributed by atoms with Crippen LogP contribution in [0.3, 0.4) is 0 Å². The SMILES string of the molecule is Cn1ccnc1-c1noc(N)c1-c1ccc(F)cc1Cl. The van der Waals surface area contributed by atoms with Crippen molar-refractivity contribution >= 4 is 17.5 Å². The Morgan fingerprint density at radius 3 is 2.85 bits per heavy atom. The van der Waals surface area contributed by atoms with Gasteiger partial charge in [0.25, 0.3) is 0 Å². The van der Waals surface area contributed by atoms with E-state index in [2.05, 4.69) is 10.1 Å². The lowest BCUT2D eigenvalue weighted by Gasteiger charge is -2.05. The molecule has 0 bridgehead atoms. The van der Waals surface area contributed by atoms with E-state index in [1.54, 1.807) is 17.0 Å². The molecule has 3 aromatic rings. The van der Waals surface area contributed by atoms with Crippen molar-refractivity contribution in [1.82, 2.24) is 14.7 Å². The Morgan fingerprint density at radius 1 is 1.40 bits per heavy atom. The molecule has 0 unspecified atom stereocenters. The molecule has 3 rings (SSSR count). The maximum Gasteiger partial charge on any atom is 0.230 e. The van der Waals surface area contributed by atoms with E-state index in [0.717, 1.165) is 0 Å². The van der Waals surface area contributed by atoms with E-state index >= 15 is 0 Å². The van der Waals surface area contributed by atoms with Gasteiger partial charge in [-0.05, 0) is 18.2 Å². The van der Waals surface area contributed by atoms with Crippen molar-refractivity contribution in [2.75, 3.05) is 5.73 Å². The molecule has 0 radical (unpaired) electrons. The number of aryl methyl sites for hydroxylation is 1. The van der Waals surface area contributed by atoms with E-state index in [9.17, 15) is 4.39 Å². The van der Waals surface area contributed by atoms with Gasteiger partial charge >= 0.3 is 0 Å². The fourth-order valence-corrected chi connectivity index (χ4v) is 2.26. The zero-order valence-electron chi connectivity index (χ0n) is 10.5. The molecule has 1 aromatic carbocycles.